The lowest BCUT2D eigenvalue weighted by Crippen LogP contribution is -2.35. The Balaban J connectivity index is 1.45. The lowest BCUT2D eigenvalue weighted by molar-refractivity contribution is -0.119. The first kappa shape index (κ1) is 24.7. The molecule has 1 aromatic heterocycles. The van der Waals surface area contributed by atoms with E-state index < -0.39 is 17.8 Å². The van der Waals surface area contributed by atoms with E-state index in [1.54, 1.807) is 49.7 Å². The quantitative estimate of drug-likeness (QED) is 0.330. The summed E-state index contributed by atoms with van der Waals surface area (Å²) in [7, 11) is 3.07. The minimum atomic E-state index is -0.776. The largest absolute Gasteiger partial charge is 0.493 e. The molecule has 184 valence electrons. The van der Waals surface area contributed by atoms with Crippen molar-refractivity contribution in [1.82, 2.24) is 10.3 Å². The summed E-state index contributed by atoms with van der Waals surface area (Å²) in [6.07, 6.45) is 1.32. The molecule has 36 heavy (non-hydrogen) atoms. The van der Waals surface area contributed by atoms with Crippen molar-refractivity contribution in [3.8, 4) is 23.0 Å². The molecule has 4 aromatic rings. The van der Waals surface area contributed by atoms with Gasteiger partial charge in [0, 0.05) is 23.3 Å². The molecule has 0 bridgehead atoms. The van der Waals surface area contributed by atoms with Gasteiger partial charge in [0.05, 0.1) is 31.2 Å². The van der Waals surface area contributed by atoms with E-state index in [-0.39, 0.29) is 17.0 Å². The van der Waals surface area contributed by atoms with Crippen LogP contribution in [0.2, 0.25) is 5.02 Å². The standard InChI is InChI=1S/C26H21ClFN3O5/c1-34-23-13-17-20(14-24(23)35-2)29-10-9-21(17)36-22-8-7-16(12-18(22)27)30-26(33)31-25(32)11-15-5-3-4-6-19(15)28/h3-10,12-14H,11H2,1-2H3,(H2,30,31,32,33). The van der Waals surface area contributed by atoms with Gasteiger partial charge in [0.25, 0.3) is 0 Å². The van der Waals surface area contributed by atoms with Crippen LogP contribution < -0.4 is 24.8 Å². The van der Waals surface area contributed by atoms with Crippen molar-refractivity contribution in [2.75, 3.05) is 19.5 Å². The summed E-state index contributed by atoms with van der Waals surface area (Å²) in [6.45, 7) is 0. The summed E-state index contributed by atoms with van der Waals surface area (Å²) in [5.41, 5.74) is 1.15. The van der Waals surface area contributed by atoms with E-state index in [9.17, 15) is 14.0 Å². The zero-order valence-electron chi connectivity index (χ0n) is 19.3. The van der Waals surface area contributed by atoms with Gasteiger partial charge < -0.3 is 19.5 Å². The van der Waals surface area contributed by atoms with Crippen LogP contribution in [0.5, 0.6) is 23.0 Å². The van der Waals surface area contributed by atoms with Crippen LogP contribution in [-0.4, -0.2) is 31.1 Å². The molecule has 0 unspecified atom stereocenters. The van der Waals surface area contributed by atoms with Crippen molar-refractivity contribution >= 4 is 40.1 Å². The van der Waals surface area contributed by atoms with Crippen molar-refractivity contribution in [1.29, 1.82) is 0 Å². The van der Waals surface area contributed by atoms with Gasteiger partial charge in [-0.25, -0.2) is 9.18 Å². The van der Waals surface area contributed by atoms with Crippen LogP contribution in [0.1, 0.15) is 5.56 Å². The number of anilines is 1. The molecule has 2 N–H and O–H groups in total. The lowest BCUT2D eigenvalue weighted by Gasteiger charge is -2.14. The molecule has 0 atom stereocenters. The normalized spacial score (nSPS) is 10.6. The van der Waals surface area contributed by atoms with Crippen LogP contribution in [0.15, 0.2) is 66.9 Å². The summed E-state index contributed by atoms with van der Waals surface area (Å²) in [6, 6.07) is 14.9. The smallest absolute Gasteiger partial charge is 0.325 e. The van der Waals surface area contributed by atoms with Crippen molar-refractivity contribution in [2.45, 2.75) is 6.42 Å². The first-order valence-corrected chi connectivity index (χ1v) is 11.1. The number of benzene rings is 3. The topological polar surface area (TPSA) is 98.8 Å². The van der Waals surface area contributed by atoms with Gasteiger partial charge in [-0.1, -0.05) is 29.8 Å². The van der Waals surface area contributed by atoms with Crippen LogP contribution in [0.4, 0.5) is 14.9 Å². The van der Waals surface area contributed by atoms with Gasteiger partial charge >= 0.3 is 6.03 Å². The van der Waals surface area contributed by atoms with Gasteiger partial charge in [-0.3, -0.25) is 15.1 Å². The lowest BCUT2D eigenvalue weighted by atomic mass is 10.1. The third-order valence-corrected chi connectivity index (χ3v) is 5.47. The van der Waals surface area contributed by atoms with Crippen LogP contribution >= 0.6 is 11.6 Å². The second-order valence-electron chi connectivity index (χ2n) is 7.55. The number of fused-ring (bicyclic) bond motifs is 1. The van der Waals surface area contributed by atoms with E-state index in [1.807, 2.05) is 0 Å². The van der Waals surface area contributed by atoms with Gasteiger partial charge in [0.1, 0.15) is 17.3 Å². The fraction of sp³-hybridized carbons (Fsp3) is 0.115. The number of nitrogens with zero attached hydrogens (tertiary/aromatic N) is 1. The predicted octanol–water partition coefficient (Wildman–Crippen LogP) is 5.73. The average Bonchev–Trinajstić information content (AvgIpc) is 2.86. The maximum absolute atomic E-state index is 13.7. The van der Waals surface area contributed by atoms with Crippen molar-refractivity contribution in [3.63, 3.8) is 0 Å². The summed E-state index contributed by atoms with van der Waals surface area (Å²) in [4.78, 5) is 28.6. The number of hydrogen-bond donors (Lipinski definition) is 2. The molecule has 3 aromatic carbocycles. The zero-order valence-corrected chi connectivity index (χ0v) is 20.1. The highest BCUT2D eigenvalue weighted by Gasteiger charge is 2.14. The van der Waals surface area contributed by atoms with E-state index in [4.69, 9.17) is 25.8 Å². The molecule has 0 saturated carbocycles. The van der Waals surface area contributed by atoms with Crippen molar-refractivity contribution in [2.24, 2.45) is 0 Å². The number of pyridine rings is 1. The van der Waals surface area contributed by atoms with Gasteiger partial charge in [-0.15, -0.1) is 0 Å². The number of ether oxygens (including phenoxy) is 3. The van der Waals surface area contributed by atoms with Gasteiger partial charge in [0.15, 0.2) is 11.5 Å². The summed E-state index contributed by atoms with van der Waals surface area (Å²) >= 11 is 6.38. The number of carbonyl (C=O) groups excluding carboxylic acids is 2. The summed E-state index contributed by atoms with van der Waals surface area (Å²) < 4.78 is 30.4. The Morgan fingerprint density at radius 2 is 1.69 bits per heavy atom. The Kier molecular flexibility index (Phi) is 7.50. The van der Waals surface area contributed by atoms with E-state index in [0.29, 0.717) is 39.6 Å². The summed E-state index contributed by atoms with van der Waals surface area (Å²) in [5.74, 6) is 0.702. The van der Waals surface area contributed by atoms with E-state index in [2.05, 4.69) is 15.6 Å². The van der Waals surface area contributed by atoms with E-state index in [0.717, 1.165) is 0 Å². The molecule has 0 radical (unpaired) electrons. The minimum Gasteiger partial charge on any atom is -0.493 e. The molecule has 0 saturated heterocycles. The molecular formula is C26H21ClFN3O5. The van der Waals surface area contributed by atoms with Crippen molar-refractivity contribution < 1.29 is 28.2 Å². The van der Waals surface area contributed by atoms with E-state index in [1.165, 1.54) is 31.4 Å². The Morgan fingerprint density at radius 1 is 0.944 bits per heavy atom. The fourth-order valence-corrected chi connectivity index (χ4v) is 3.68. The molecule has 0 aliphatic heterocycles. The molecule has 0 spiro atoms. The highest BCUT2D eigenvalue weighted by atomic mass is 35.5. The molecule has 1 heterocycles. The number of hydrogen-bond acceptors (Lipinski definition) is 6. The number of halogens is 2. The number of rotatable bonds is 7. The number of urea groups is 1. The molecule has 0 aliphatic carbocycles. The highest BCUT2D eigenvalue weighted by Crippen LogP contribution is 2.38. The molecule has 0 fully saturated rings. The van der Waals surface area contributed by atoms with E-state index >= 15 is 0 Å². The Hall–Kier alpha value is -4.37. The number of aromatic nitrogens is 1. The SMILES string of the molecule is COc1cc2nccc(Oc3ccc(NC(=O)NC(=O)Cc4ccccc4F)cc3Cl)c2cc1OC. The Morgan fingerprint density at radius 3 is 2.42 bits per heavy atom. The first-order chi connectivity index (χ1) is 17.4. The average molecular weight is 510 g/mol. The molecule has 10 heteroatoms. The Bertz CT molecular complexity index is 1450. The molecule has 3 amide bonds. The molecular weight excluding hydrogens is 489 g/mol. The number of carbonyl (C=O) groups is 2. The second kappa shape index (κ2) is 10.9. The van der Waals surface area contributed by atoms with Crippen molar-refractivity contribution in [3.05, 3.63) is 83.3 Å². The third kappa shape index (κ3) is 5.64. The number of methoxy groups -OCH3 is 2. The van der Waals surface area contributed by atoms with Gasteiger partial charge in [0.2, 0.25) is 5.91 Å². The minimum absolute atomic E-state index is 0.187. The number of nitrogens with one attached hydrogen (secondary N) is 2. The third-order valence-electron chi connectivity index (χ3n) is 5.18. The number of imide groups is 1. The van der Waals surface area contributed by atoms with Crippen LogP contribution in [0, 0.1) is 5.82 Å². The van der Waals surface area contributed by atoms with Crippen LogP contribution in [0.3, 0.4) is 0 Å². The zero-order chi connectivity index (χ0) is 25.7. The summed E-state index contributed by atoms with van der Waals surface area (Å²) in [5, 5.41) is 5.58. The maximum Gasteiger partial charge on any atom is 0.325 e. The molecule has 0 aliphatic rings. The van der Waals surface area contributed by atoms with Crippen LogP contribution in [-0.2, 0) is 11.2 Å². The van der Waals surface area contributed by atoms with Gasteiger partial charge in [-0.2, -0.15) is 0 Å². The monoisotopic (exact) mass is 509 g/mol. The van der Waals surface area contributed by atoms with Crippen LogP contribution in [0.25, 0.3) is 10.9 Å². The second-order valence-corrected chi connectivity index (χ2v) is 7.96. The van der Waals surface area contributed by atoms with Gasteiger partial charge in [-0.05, 0) is 42.0 Å². The highest BCUT2D eigenvalue weighted by molar-refractivity contribution is 6.32. The Labute approximate surface area is 211 Å². The predicted molar refractivity (Wildman–Crippen MR) is 134 cm³/mol. The number of amides is 3. The molecule has 8 nitrogen and oxygen atoms in total. The fourth-order valence-electron chi connectivity index (χ4n) is 3.46. The maximum atomic E-state index is 13.7. The molecule has 4 rings (SSSR count). The first-order valence-electron chi connectivity index (χ1n) is 10.7.